The maximum Gasteiger partial charge on any atom is 0.295 e. The van der Waals surface area contributed by atoms with Crippen LogP contribution < -0.4 is 9.47 Å². The second-order valence-electron chi connectivity index (χ2n) is 8.90. The van der Waals surface area contributed by atoms with Gasteiger partial charge in [-0.2, -0.15) is 0 Å². The van der Waals surface area contributed by atoms with Crippen LogP contribution in [0.25, 0.3) is 5.76 Å². The molecule has 1 saturated heterocycles. The van der Waals surface area contributed by atoms with Crippen molar-refractivity contribution in [1.29, 1.82) is 0 Å². The topological polar surface area (TPSA) is 89.0 Å². The first-order chi connectivity index (χ1) is 17.3. The Kier molecular flexibility index (Phi) is 7.60. The number of aromatic nitrogens is 1. The largest absolute Gasteiger partial charge is 0.507 e. The summed E-state index contributed by atoms with van der Waals surface area (Å²) in [5, 5.41) is 11.8. The van der Waals surface area contributed by atoms with Crippen molar-refractivity contribution in [3.63, 3.8) is 0 Å². The number of ketones is 1. The van der Waals surface area contributed by atoms with E-state index in [-0.39, 0.29) is 23.4 Å². The van der Waals surface area contributed by atoms with Gasteiger partial charge in [-0.25, -0.2) is 0 Å². The highest BCUT2D eigenvalue weighted by molar-refractivity contribution is 6.46. The standard InChI is InChI=1S/C28H27ClN2O5/c1-17(2)16-36-21-6-4-5-19(13-21)25-24(26(32)22-14-20(29)7-8-23(22)35-3)27(33)28(34)31(25)15-18-9-11-30-12-10-18/h4-14,17,25,32H,15-16H2,1-3H3/b26-24+. The van der Waals surface area contributed by atoms with E-state index in [0.29, 0.717) is 34.6 Å². The summed E-state index contributed by atoms with van der Waals surface area (Å²) in [6.45, 7) is 4.76. The van der Waals surface area contributed by atoms with E-state index in [9.17, 15) is 14.7 Å². The van der Waals surface area contributed by atoms with Gasteiger partial charge in [0.25, 0.3) is 11.7 Å². The Morgan fingerprint density at radius 1 is 1.11 bits per heavy atom. The van der Waals surface area contributed by atoms with Crippen molar-refractivity contribution in [3.05, 3.63) is 94.3 Å². The molecule has 7 nitrogen and oxygen atoms in total. The smallest absolute Gasteiger partial charge is 0.295 e. The number of carbonyl (C=O) groups excluding carboxylic acids is 2. The fourth-order valence-electron chi connectivity index (χ4n) is 4.12. The molecule has 4 rings (SSSR count). The summed E-state index contributed by atoms with van der Waals surface area (Å²) in [6, 6.07) is 14.6. The van der Waals surface area contributed by atoms with Crippen LogP contribution in [0, 0.1) is 5.92 Å². The quantitative estimate of drug-likeness (QED) is 0.250. The van der Waals surface area contributed by atoms with Crippen LogP contribution in [0.3, 0.4) is 0 Å². The highest BCUT2D eigenvalue weighted by atomic mass is 35.5. The van der Waals surface area contributed by atoms with E-state index in [2.05, 4.69) is 4.98 Å². The van der Waals surface area contributed by atoms with E-state index in [4.69, 9.17) is 21.1 Å². The Bertz CT molecular complexity index is 1310. The van der Waals surface area contributed by atoms with Crippen molar-refractivity contribution >= 4 is 29.1 Å². The molecule has 0 spiro atoms. The van der Waals surface area contributed by atoms with Crippen LogP contribution in [0.2, 0.25) is 5.02 Å². The summed E-state index contributed by atoms with van der Waals surface area (Å²) >= 11 is 6.19. The molecule has 1 aliphatic heterocycles. The van der Waals surface area contributed by atoms with E-state index in [1.807, 2.05) is 19.9 Å². The molecule has 2 aromatic carbocycles. The van der Waals surface area contributed by atoms with Gasteiger partial charge in [0.2, 0.25) is 0 Å². The molecule has 1 aliphatic rings. The molecular formula is C28H27ClN2O5. The number of ether oxygens (including phenoxy) is 2. The van der Waals surface area contributed by atoms with E-state index < -0.39 is 17.7 Å². The van der Waals surface area contributed by atoms with Crippen LogP contribution in [-0.4, -0.2) is 40.4 Å². The van der Waals surface area contributed by atoms with E-state index in [0.717, 1.165) is 5.56 Å². The average Bonchev–Trinajstić information content (AvgIpc) is 3.12. The molecule has 1 atom stereocenters. The molecule has 0 saturated carbocycles. The lowest BCUT2D eigenvalue weighted by molar-refractivity contribution is -0.140. The molecule has 0 radical (unpaired) electrons. The van der Waals surface area contributed by atoms with Crippen molar-refractivity contribution in [2.24, 2.45) is 5.92 Å². The van der Waals surface area contributed by atoms with Gasteiger partial charge in [0.1, 0.15) is 17.3 Å². The molecule has 1 amide bonds. The third-order valence-electron chi connectivity index (χ3n) is 5.82. The van der Waals surface area contributed by atoms with Gasteiger partial charge in [0.15, 0.2) is 0 Å². The Morgan fingerprint density at radius 3 is 2.56 bits per heavy atom. The van der Waals surface area contributed by atoms with Crippen molar-refractivity contribution in [2.75, 3.05) is 13.7 Å². The predicted molar refractivity (Wildman–Crippen MR) is 137 cm³/mol. The maximum absolute atomic E-state index is 13.4. The molecule has 2 heterocycles. The van der Waals surface area contributed by atoms with Crippen LogP contribution in [0.5, 0.6) is 11.5 Å². The van der Waals surface area contributed by atoms with Gasteiger partial charge >= 0.3 is 0 Å². The summed E-state index contributed by atoms with van der Waals surface area (Å²) in [4.78, 5) is 32.1. The predicted octanol–water partition coefficient (Wildman–Crippen LogP) is 5.40. The van der Waals surface area contributed by atoms with Crippen LogP contribution in [0.4, 0.5) is 0 Å². The SMILES string of the molecule is COc1ccc(Cl)cc1/C(O)=C1\C(=O)C(=O)N(Cc2ccncc2)C1c1cccc(OCC(C)C)c1. The first-order valence-electron chi connectivity index (χ1n) is 11.5. The number of amides is 1. The maximum atomic E-state index is 13.4. The molecule has 1 unspecified atom stereocenters. The molecule has 8 heteroatoms. The number of nitrogens with zero attached hydrogens (tertiary/aromatic N) is 2. The Hall–Kier alpha value is -3.84. The Labute approximate surface area is 214 Å². The number of halogens is 1. The van der Waals surface area contributed by atoms with Gasteiger partial charge in [0, 0.05) is 24.0 Å². The molecular weight excluding hydrogens is 480 g/mol. The Morgan fingerprint density at radius 2 is 1.86 bits per heavy atom. The van der Waals surface area contributed by atoms with Gasteiger partial charge in [-0.05, 0) is 59.5 Å². The van der Waals surface area contributed by atoms with Crippen molar-refractivity contribution < 1.29 is 24.2 Å². The first kappa shape index (κ1) is 25.3. The number of methoxy groups -OCH3 is 1. The van der Waals surface area contributed by atoms with E-state index in [1.54, 1.807) is 54.9 Å². The number of Topliss-reactive ketones (excluding diaryl/α,β-unsaturated/α-hetero) is 1. The van der Waals surface area contributed by atoms with Gasteiger partial charge in [-0.15, -0.1) is 0 Å². The number of likely N-dealkylation sites (tertiary alicyclic amines) is 1. The molecule has 3 aromatic rings. The highest BCUT2D eigenvalue weighted by Gasteiger charge is 2.46. The minimum absolute atomic E-state index is 0.0457. The summed E-state index contributed by atoms with van der Waals surface area (Å²) in [5.74, 6) is -0.610. The zero-order chi connectivity index (χ0) is 25.8. The number of hydrogen-bond acceptors (Lipinski definition) is 6. The number of aliphatic hydroxyl groups is 1. The van der Waals surface area contributed by atoms with E-state index >= 15 is 0 Å². The van der Waals surface area contributed by atoms with E-state index in [1.165, 1.54) is 18.1 Å². The lowest BCUT2D eigenvalue weighted by atomic mass is 9.94. The average molecular weight is 507 g/mol. The second-order valence-corrected chi connectivity index (χ2v) is 9.34. The van der Waals surface area contributed by atoms with Gasteiger partial charge in [0.05, 0.1) is 30.9 Å². The first-order valence-corrected chi connectivity index (χ1v) is 11.9. The van der Waals surface area contributed by atoms with Crippen molar-refractivity contribution in [3.8, 4) is 11.5 Å². The van der Waals surface area contributed by atoms with Gasteiger partial charge in [-0.3, -0.25) is 14.6 Å². The minimum atomic E-state index is -0.857. The number of hydrogen-bond donors (Lipinski definition) is 1. The fraction of sp³-hybridized carbons (Fsp3) is 0.250. The normalized spacial score (nSPS) is 17.0. The summed E-state index contributed by atoms with van der Waals surface area (Å²) in [7, 11) is 1.45. The summed E-state index contributed by atoms with van der Waals surface area (Å²) in [5.41, 5.74) is 1.61. The lowest BCUT2D eigenvalue weighted by Crippen LogP contribution is -2.29. The molecule has 0 bridgehead atoms. The van der Waals surface area contributed by atoms with Crippen molar-refractivity contribution in [1.82, 2.24) is 9.88 Å². The van der Waals surface area contributed by atoms with Crippen LogP contribution in [-0.2, 0) is 16.1 Å². The number of benzene rings is 2. The molecule has 36 heavy (non-hydrogen) atoms. The summed E-state index contributed by atoms with van der Waals surface area (Å²) < 4.78 is 11.3. The minimum Gasteiger partial charge on any atom is -0.507 e. The Balaban J connectivity index is 1.87. The monoisotopic (exact) mass is 506 g/mol. The van der Waals surface area contributed by atoms with Crippen LogP contribution >= 0.6 is 11.6 Å². The number of aliphatic hydroxyl groups excluding tert-OH is 1. The van der Waals surface area contributed by atoms with Crippen molar-refractivity contribution in [2.45, 2.75) is 26.4 Å². The molecule has 186 valence electrons. The zero-order valence-corrected chi connectivity index (χ0v) is 21.0. The van der Waals surface area contributed by atoms with Crippen LogP contribution in [0.15, 0.2) is 72.6 Å². The zero-order valence-electron chi connectivity index (χ0n) is 20.3. The van der Waals surface area contributed by atoms with Gasteiger partial charge in [-0.1, -0.05) is 37.6 Å². The van der Waals surface area contributed by atoms with Gasteiger partial charge < -0.3 is 19.5 Å². The third kappa shape index (κ3) is 5.21. The highest BCUT2D eigenvalue weighted by Crippen LogP contribution is 2.42. The fourth-order valence-corrected chi connectivity index (χ4v) is 4.29. The lowest BCUT2D eigenvalue weighted by Gasteiger charge is -2.26. The number of carbonyl (C=O) groups is 2. The number of rotatable bonds is 8. The third-order valence-corrected chi connectivity index (χ3v) is 6.05. The molecule has 1 fully saturated rings. The van der Waals surface area contributed by atoms with Crippen LogP contribution in [0.1, 0.15) is 36.6 Å². The second kappa shape index (κ2) is 10.8. The molecule has 1 aromatic heterocycles. The molecule has 0 aliphatic carbocycles. The summed E-state index contributed by atoms with van der Waals surface area (Å²) in [6.07, 6.45) is 3.25. The molecule has 1 N–H and O–H groups in total. The number of pyridine rings is 1.